The minimum absolute atomic E-state index is 0.660. The first-order chi connectivity index (χ1) is 9.61. The van der Waals surface area contributed by atoms with E-state index in [9.17, 15) is 0 Å². The molecule has 0 fully saturated rings. The number of hydrogen-bond donors (Lipinski definition) is 2. The summed E-state index contributed by atoms with van der Waals surface area (Å²) in [5, 5.41) is 3.37. The standard InChI is InChI=1S/C16H19BrN2O/c1-3-9-20-15-10-12(7-8-13(15)18)19-14-6-4-5-11(2)16(14)17/h4-8,10,19H,3,9,18H2,1-2H3. The van der Waals surface area contributed by atoms with E-state index in [-0.39, 0.29) is 0 Å². The molecule has 0 saturated heterocycles. The molecule has 106 valence electrons. The second-order valence-corrected chi connectivity index (χ2v) is 5.46. The zero-order valence-electron chi connectivity index (χ0n) is 11.7. The summed E-state index contributed by atoms with van der Waals surface area (Å²) < 4.78 is 6.70. The monoisotopic (exact) mass is 334 g/mol. The fraction of sp³-hybridized carbons (Fsp3) is 0.250. The van der Waals surface area contributed by atoms with Gasteiger partial charge in [0.25, 0.3) is 0 Å². The summed E-state index contributed by atoms with van der Waals surface area (Å²) in [6.45, 7) is 4.80. The molecule has 2 rings (SSSR count). The quantitative estimate of drug-likeness (QED) is 0.766. The smallest absolute Gasteiger partial charge is 0.144 e. The number of ether oxygens (including phenoxy) is 1. The van der Waals surface area contributed by atoms with Gasteiger partial charge in [-0.3, -0.25) is 0 Å². The number of aryl methyl sites for hydroxylation is 1. The Morgan fingerprint density at radius 2 is 2.05 bits per heavy atom. The number of halogens is 1. The summed E-state index contributed by atoms with van der Waals surface area (Å²) in [6.07, 6.45) is 0.959. The fourth-order valence-electron chi connectivity index (χ4n) is 1.85. The molecule has 3 N–H and O–H groups in total. The van der Waals surface area contributed by atoms with E-state index in [2.05, 4.69) is 41.2 Å². The first-order valence-electron chi connectivity index (χ1n) is 6.66. The Morgan fingerprint density at radius 3 is 2.80 bits per heavy atom. The van der Waals surface area contributed by atoms with E-state index in [4.69, 9.17) is 10.5 Å². The van der Waals surface area contributed by atoms with E-state index in [0.717, 1.165) is 28.0 Å². The molecule has 0 saturated carbocycles. The van der Waals surface area contributed by atoms with Crippen LogP contribution in [0.5, 0.6) is 5.75 Å². The van der Waals surface area contributed by atoms with Gasteiger partial charge >= 0.3 is 0 Å². The molecule has 0 bridgehead atoms. The lowest BCUT2D eigenvalue weighted by Crippen LogP contribution is -2.00. The summed E-state index contributed by atoms with van der Waals surface area (Å²) in [7, 11) is 0. The summed E-state index contributed by atoms with van der Waals surface area (Å²) in [5.41, 5.74) is 9.74. The van der Waals surface area contributed by atoms with Gasteiger partial charge in [-0.25, -0.2) is 0 Å². The Labute approximate surface area is 128 Å². The Kier molecular flexibility index (Phi) is 4.90. The lowest BCUT2D eigenvalue weighted by atomic mass is 10.2. The van der Waals surface area contributed by atoms with Crippen molar-refractivity contribution in [2.75, 3.05) is 17.7 Å². The highest BCUT2D eigenvalue weighted by molar-refractivity contribution is 9.10. The minimum atomic E-state index is 0.660. The molecule has 0 heterocycles. The van der Waals surface area contributed by atoms with Crippen molar-refractivity contribution in [3.8, 4) is 5.75 Å². The third-order valence-corrected chi connectivity index (χ3v) is 4.00. The summed E-state index contributed by atoms with van der Waals surface area (Å²) >= 11 is 3.59. The van der Waals surface area contributed by atoms with Crippen molar-refractivity contribution in [1.29, 1.82) is 0 Å². The van der Waals surface area contributed by atoms with Crippen LogP contribution in [0.25, 0.3) is 0 Å². The molecule has 20 heavy (non-hydrogen) atoms. The van der Waals surface area contributed by atoms with Crippen LogP contribution in [0.1, 0.15) is 18.9 Å². The molecule has 0 aromatic heterocycles. The van der Waals surface area contributed by atoms with E-state index in [1.807, 2.05) is 30.3 Å². The number of benzene rings is 2. The van der Waals surface area contributed by atoms with Crippen molar-refractivity contribution in [2.24, 2.45) is 0 Å². The summed E-state index contributed by atoms with van der Waals surface area (Å²) in [5.74, 6) is 0.723. The molecule has 2 aromatic carbocycles. The van der Waals surface area contributed by atoms with Crippen LogP contribution in [0, 0.1) is 6.92 Å². The van der Waals surface area contributed by atoms with Crippen molar-refractivity contribution in [3.05, 3.63) is 46.4 Å². The van der Waals surface area contributed by atoms with Gasteiger partial charge in [-0.1, -0.05) is 19.1 Å². The number of nitrogen functional groups attached to an aromatic ring is 1. The van der Waals surface area contributed by atoms with Crippen LogP contribution in [0.15, 0.2) is 40.9 Å². The maximum absolute atomic E-state index is 5.92. The normalized spacial score (nSPS) is 10.3. The van der Waals surface area contributed by atoms with Crippen LogP contribution >= 0.6 is 15.9 Å². The average Bonchev–Trinajstić information content (AvgIpc) is 2.44. The first kappa shape index (κ1) is 14.7. The molecule has 0 unspecified atom stereocenters. The van der Waals surface area contributed by atoms with Gasteiger partial charge < -0.3 is 15.8 Å². The van der Waals surface area contributed by atoms with Gasteiger partial charge in [-0.15, -0.1) is 0 Å². The molecule has 0 atom stereocenters. The second-order valence-electron chi connectivity index (χ2n) is 4.66. The van der Waals surface area contributed by atoms with E-state index >= 15 is 0 Å². The van der Waals surface area contributed by atoms with Gasteiger partial charge in [0.05, 0.1) is 18.0 Å². The van der Waals surface area contributed by atoms with Crippen LogP contribution in [0.2, 0.25) is 0 Å². The SMILES string of the molecule is CCCOc1cc(Nc2cccc(C)c2Br)ccc1N. The Balaban J connectivity index is 2.23. The molecular formula is C16H19BrN2O. The van der Waals surface area contributed by atoms with Crippen molar-refractivity contribution >= 4 is 33.0 Å². The molecule has 0 amide bonds. The third kappa shape index (κ3) is 3.45. The summed E-state index contributed by atoms with van der Waals surface area (Å²) in [6, 6.07) is 11.8. The third-order valence-electron chi connectivity index (χ3n) is 2.95. The van der Waals surface area contributed by atoms with Crippen LogP contribution in [0.4, 0.5) is 17.1 Å². The highest BCUT2D eigenvalue weighted by atomic mass is 79.9. The zero-order chi connectivity index (χ0) is 14.5. The zero-order valence-corrected chi connectivity index (χ0v) is 13.3. The molecule has 0 spiro atoms. The molecule has 0 aliphatic heterocycles. The minimum Gasteiger partial charge on any atom is -0.491 e. The van der Waals surface area contributed by atoms with Crippen LogP contribution in [-0.2, 0) is 0 Å². The second kappa shape index (κ2) is 6.66. The fourth-order valence-corrected chi connectivity index (χ4v) is 2.21. The topological polar surface area (TPSA) is 47.3 Å². The largest absolute Gasteiger partial charge is 0.491 e. The number of anilines is 3. The van der Waals surface area contributed by atoms with Gasteiger partial charge in [0.2, 0.25) is 0 Å². The maximum atomic E-state index is 5.92. The molecular weight excluding hydrogens is 316 g/mol. The molecule has 0 radical (unpaired) electrons. The molecule has 0 aliphatic rings. The van der Waals surface area contributed by atoms with Gasteiger partial charge in [0.1, 0.15) is 5.75 Å². The molecule has 3 nitrogen and oxygen atoms in total. The maximum Gasteiger partial charge on any atom is 0.144 e. The lowest BCUT2D eigenvalue weighted by Gasteiger charge is -2.13. The first-order valence-corrected chi connectivity index (χ1v) is 7.45. The van der Waals surface area contributed by atoms with E-state index in [1.165, 1.54) is 5.56 Å². The highest BCUT2D eigenvalue weighted by Crippen LogP contribution is 2.31. The van der Waals surface area contributed by atoms with Gasteiger partial charge in [0.15, 0.2) is 0 Å². The van der Waals surface area contributed by atoms with E-state index in [0.29, 0.717) is 12.3 Å². The van der Waals surface area contributed by atoms with Crippen LogP contribution in [0.3, 0.4) is 0 Å². The number of nitrogens with one attached hydrogen (secondary N) is 1. The Bertz CT molecular complexity index is 599. The highest BCUT2D eigenvalue weighted by Gasteiger charge is 2.05. The van der Waals surface area contributed by atoms with Gasteiger partial charge in [0, 0.05) is 16.2 Å². The Hall–Kier alpha value is -1.68. The van der Waals surface area contributed by atoms with Crippen LogP contribution < -0.4 is 15.8 Å². The van der Waals surface area contributed by atoms with Crippen molar-refractivity contribution in [3.63, 3.8) is 0 Å². The molecule has 4 heteroatoms. The molecule has 2 aromatic rings. The van der Waals surface area contributed by atoms with E-state index < -0.39 is 0 Å². The van der Waals surface area contributed by atoms with Crippen LogP contribution in [-0.4, -0.2) is 6.61 Å². The predicted octanol–water partition coefficient (Wildman–Crippen LogP) is 4.87. The van der Waals surface area contributed by atoms with Crippen molar-refractivity contribution in [2.45, 2.75) is 20.3 Å². The number of hydrogen-bond acceptors (Lipinski definition) is 3. The van der Waals surface area contributed by atoms with Crippen molar-refractivity contribution in [1.82, 2.24) is 0 Å². The van der Waals surface area contributed by atoms with Crippen molar-refractivity contribution < 1.29 is 4.74 Å². The van der Waals surface area contributed by atoms with Gasteiger partial charge in [-0.2, -0.15) is 0 Å². The average molecular weight is 335 g/mol. The summed E-state index contributed by atoms with van der Waals surface area (Å²) in [4.78, 5) is 0. The predicted molar refractivity (Wildman–Crippen MR) is 88.8 cm³/mol. The van der Waals surface area contributed by atoms with Gasteiger partial charge in [-0.05, 0) is 53.0 Å². The number of rotatable bonds is 5. The Morgan fingerprint density at radius 1 is 1.25 bits per heavy atom. The lowest BCUT2D eigenvalue weighted by molar-refractivity contribution is 0.319. The molecule has 0 aliphatic carbocycles. The number of nitrogens with two attached hydrogens (primary N) is 1. The van der Waals surface area contributed by atoms with E-state index in [1.54, 1.807) is 0 Å².